The fraction of sp³-hybridized carbons (Fsp3) is 0.833. The smallest absolute Gasteiger partial charge is 0.0764 e. The van der Waals surface area contributed by atoms with Crippen molar-refractivity contribution in [3.05, 3.63) is 11.6 Å². The first-order valence-electron chi connectivity index (χ1n) is 5.91. The molecule has 1 aliphatic heterocycles. The van der Waals surface area contributed by atoms with Crippen LogP contribution in [0.15, 0.2) is 11.6 Å². The highest BCUT2D eigenvalue weighted by atomic mass is 16.5. The highest BCUT2D eigenvalue weighted by Gasteiger charge is 2.34. The lowest BCUT2D eigenvalue weighted by Crippen LogP contribution is -2.43. The molecule has 2 aliphatic rings. The molecule has 0 amide bonds. The molecule has 0 unspecified atom stereocenters. The largest absolute Gasteiger partial charge is 0.395 e. The van der Waals surface area contributed by atoms with Gasteiger partial charge in [-0.25, -0.2) is 0 Å². The Bertz CT molecular complexity index is 240. The summed E-state index contributed by atoms with van der Waals surface area (Å²) in [5, 5.41) is 11.9. The monoisotopic (exact) mass is 211 g/mol. The van der Waals surface area contributed by atoms with E-state index in [-0.39, 0.29) is 6.61 Å². The molecule has 0 aromatic carbocycles. The molecule has 0 aromatic rings. The maximum Gasteiger partial charge on any atom is 0.0764 e. The van der Waals surface area contributed by atoms with E-state index in [1.165, 1.54) is 18.4 Å². The first-order valence-corrected chi connectivity index (χ1v) is 5.91. The Morgan fingerprint density at radius 2 is 2.47 bits per heavy atom. The molecule has 0 spiro atoms. The van der Waals surface area contributed by atoms with Gasteiger partial charge in [-0.15, -0.1) is 0 Å². The lowest BCUT2D eigenvalue weighted by Gasteiger charge is -2.40. The summed E-state index contributed by atoms with van der Waals surface area (Å²) in [6.45, 7) is 4.86. The summed E-state index contributed by atoms with van der Waals surface area (Å²) >= 11 is 0. The third-order valence-electron chi connectivity index (χ3n) is 3.57. The van der Waals surface area contributed by atoms with Crippen molar-refractivity contribution in [3.63, 3.8) is 0 Å². The van der Waals surface area contributed by atoms with E-state index in [4.69, 9.17) is 9.84 Å². The maximum atomic E-state index is 8.71. The van der Waals surface area contributed by atoms with Crippen molar-refractivity contribution in [2.45, 2.75) is 25.9 Å². The molecule has 3 atom stereocenters. The van der Waals surface area contributed by atoms with Crippen LogP contribution < -0.4 is 5.32 Å². The molecule has 15 heavy (non-hydrogen) atoms. The molecule has 3 heteroatoms. The van der Waals surface area contributed by atoms with Crippen LogP contribution in [0.3, 0.4) is 0 Å². The molecular weight excluding hydrogens is 190 g/mol. The van der Waals surface area contributed by atoms with E-state index in [0.717, 1.165) is 19.1 Å². The van der Waals surface area contributed by atoms with Crippen molar-refractivity contribution in [1.82, 2.24) is 5.32 Å². The molecular formula is C12H21NO2. The Hall–Kier alpha value is -0.380. The minimum atomic E-state index is 0.203. The normalized spacial score (nSPS) is 35.1. The minimum absolute atomic E-state index is 0.203. The number of rotatable bonds is 4. The quantitative estimate of drug-likeness (QED) is 0.537. The molecule has 3 nitrogen and oxygen atoms in total. The van der Waals surface area contributed by atoms with Gasteiger partial charge in [0.2, 0.25) is 0 Å². The van der Waals surface area contributed by atoms with Gasteiger partial charge in [0.15, 0.2) is 0 Å². The van der Waals surface area contributed by atoms with Gasteiger partial charge in [0.05, 0.1) is 19.3 Å². The summed E-state index contributed by atoms with van der Waals surface area (Å²) in [7, 11) is 0. The lowest BCUT2D eigenvalue weighted by molar-refractivity contribution is -0.0477. The van der Waals surface area contributed by atoms with Crippen LogP contribution in [0.25, 0.3) is 0 Å². The van der Waals surface area contributed by atoms with Crippen LogP contribution in [0.4, 0.5) is 0 Å². The number of hydrogen-bond donors (Lipinski definition) is 2. The van der Waals surface area contributed by atoms with Gasteiger partial charge in [-0.05, 0) is 25.7 Å². The van der Waals surface area contributed by atoms with Crippen molar-refractivity contribution < 1.29 is 9.84 Å². The Morgan fingerprint density at radius 1 is 1.60 bits per heavy atom. The van der Waals surface area contributed by atoms with Crippen LogP contribution in [0, 0.1) is 11.8 Å². The summed E-state index contributed by atoms with van der Waals surface area (Å²) in [5.74, 6) is 1.34. The van der Waals surface area contributed by atoms with Crippen LogP contribution in [0.2, 0.25) is 0 Å². The van der Waals surface area contributed by atoms with Gasteiger partial charge in [-0.1, -0.05) is 11.6 Å². The Kier molecular flexibility index (Phi) is 3.78. The summed E-state index contributed by atoms with van der Waals surface area (Å²) in [6.07, 6.45) is 5.16. The summed E-state index contributed by atoms with van der Waals surface area (Å²) in [6, 6.07) is 0. The van der Waals surface area contributed by atoms with Crippen molar-refractivity contribution in [1.29, 1.82) is 0 Å². The van der Waals surface area contributed by atoms with Gasteiger partial charge in [0.25, 0.3) is 0 Å². The van der Waals surface area contributed by atoms with E-state index in [1.54, 1.807) is 0 Å². The number of nitrogens with one attached hydrogen (secondary N) is 1. The van der Waals surface area contributed by atoms with Crippen LogP contribution >= 0.6 is 0 Å². The fourth-order valence-electron chi connectivity index (χ4n) is 2.63. The van der Waals surface area contributed by atoms with Gasteiger partial charge in [-0.2, -0.15) is 0 Å². The highest BCUT2D eigenvalue weighted by molar-refractivity contribution is 5.12. The zero-order valence-corrected chi connectivity index (χ0v) is 9.41. The van der Waals surface area contributed by atoms with Crippen LogP contribution in [-0.4, -0.2) is 37.5 Å². The molecule has 0 aromatic heterocycles. The van der Waals surface area contributed by atoms with E-state index in [0.29, 0.717) is 18.6 Å². The van der Waals surface area contributed by atoms with Crippen molar-refractivity contribution >= 4 is 0 Å². The van der Waals surface area contributed by atoms with E-state index >= 15 is 0 Å². The third-order valence-corrected chi connectivity index (χ3v) is 3.57. The van der Waals surface area contributed by atoms with Crippen LogP contribution in [0.5, 0.6) is 0 Å². The number of aliphatic hydroxyl groups excluding tert-OH is 1. The van der Waals surface area contributed by atoms with Gasteiger partial charge in [0, 0.05) is 19.0 Å². The van der Waals surface area contributed by atoms with Crippen molar-refractivity contribution in [2.24, 2.45) is 11.8 Å². The topological polar surface area (TPSA) is 41.5 Å². The third kappa shape index (κ3) is 2.60. The number of ether oxygens (including phenoxy) is 1. The minimum Gasteiger partial charge on any atom is -0.395 e. The zero-order chi connectivity index (χ0) is 10.7. The van der Waals surface area contributed by atoms with Crippen LogP contribution in [-0.2, 0) is 4.74 Å². The summed E-state index contributed by atoms with van der Waals surface area (Å²) in [5.41, 5.74) is 1.49. The number of allylic oxidation sites excluding steroid dienone is 1. The number of hydrogen-bond acceptors (Lipinski definition) is 3. The molecule has 2 N–H and O–H groups in total. The molecule has 1 saturated heterocycles. The van der Waals surface area contributed by atoms with E-state index in [9.17, 15) is 0 Å². The van der Waals surface area contributed by atoms with Crippen molar-refractivity contribution in [2.75, 3.05) is 26.3 Å². The molecule has 86 valence electrons. The standard InChI is InChI=1S/C12H21NO2/c1-9-2-3-10-6-11(9)12(15-8-10)7-13-4-5-14/h2,10-14H,3-8H2,1H3/t10-,11-,12+/m1/s1. The second kappa shape index (κ2) is 5.10. The molecule has 1 fully saturated rings. The van der Waals surface area contributed by atoms with E-state index < -0.39 is 0 Å². The van der Waals surface area contributed by atoms with Crippen molar-refractivity contribution in [3.8, 4) is 0 Å². The predicted octanol–water partition coefficient (Wildman–Crippen LogP) is 0.940. The Labute approximate surface area is 91.5 Å². The predicted molar refractivity (Wildman–Crippen MR) is 59.7 cm³/mol. The SMILES string of the molecule is CC1=CC[C@H]2CO[C@@H](CNCCO)[C@@H]1C2. The molecule has 0 saturated carbocycles. The molecule has 2 rings (SSSR count). The second-order valence-corrected chi connectivity index (χ2v) is 4.69. The van der Waals surface area contributed by atoms with Gasteiger partial charge < -0.3 is 15.2 Å². The fourth-order valence-corrected chi connectivity index (χ4v) is 2.63. The summed E-state index contributed by atoms with van der Waals surface area (Å²) < 4.78 is 5.88. The lowest BCUT2D eigenvalue weighted by atomic mass is 9.77. The average Bonchev–Trinajstić information content (AvgIpc) is 2.26. The Morgan fingerprint density at radius 3 is 3.27 bits per heavy atom. The average molecular weight is 211 g/mol. The van der Waals surface area contributed by atoms with E-state index in [1.807, 2.05) is 0 Å². The van der Waals surface area contributed by atoms with Gasteiger partial charge in [0.1, 0.15) is 0 Å². The second-order valence-electron chi connectivity index (χ2n) is 4.69. The number of fused-ring (bicyclic) bond motifs is 2. The van der Waals surface area contributed by atoms with Crippen LogP contribution in [0.1, 0.15) is 19.8 Å². The first-order chi connectivity index (χ1) is 7.31. The first kappa shape index (κ1) is 11.1. The van der Waals surface area contributed by atoms with Gasteiger partial charge >= 0.3 is 0 Å². The maximum absolute atomic E-state index is 8.71. The molecule has 1 aliphatic carbocycles. The molecule has 1 heterocycles. The zero-order valence-electron chi connectivity index (χ0n) is 9.41. The number of aliphatic hydroxyl groups is 1. The molecule has 2 bridgehead atoms. The summed E-state index contributed by atoms with van der Waals surface area (Å²) in [4.78, 5) is 0. The van der Waals surface area contributed by atoms with Gasteiger partial charge in [-0.3, -0.25) is 0 Å². The Balaban J connectivity index is 1.89. The van der Waals surface area contributed by atoms with E-state index in [2.05, 4.69) is 18.3 Å². The molecule has 0 radical (unpaired) electrons. The highest BCUT2D eigenvalue weighted by Crippen LogP contribution is 2.36.